The molecule has 3 rings (SSSR count). The van der Waals surface area contributed by atoms with E-state index in [1.165, 1.54) is 31.6 Å². The lowest BCUT2D eigenvalue weighted by molar-refractivity contribution is 0.397. The van der Waals surface area contributed by atoms with Crippen LogP contribution >= 0.6 is 0 Å². The highest BCUT2D eigenvalue weighted by atomic mass is 32.2. The lowest BCUT2D eigenvalue weighted by Gasteiger charge is -2.08. The van der Waals surface area contributed by atoms with E-state index in [1.807, 2.05) is 30.3 Å². The molecule has 0 saturated heterocycles. The van der Waals surface area contributed by atoms with Gasteiger partial charge < -0.3 is 4.74 Å². The molecule has 2 aromatic carbocycles. The van der Waals surface area contributed by atoms with Gasteiger partial charge in [-0.25, -0.2) is 18.4 Å². The molecule has 0 saturated carbocycles. The Kier molecular flexibility index (Phi) is 5.23. The van der Waals surface area contributed by atoms with Crippen LogP contribution in [-0.2, 0) is 10.0 Å². The van der Waals surface area contributed by atoms with Crippen LogP contribution in [0, 0.1) is 0 Å². The molecule has 3 aromatic rings. The standard InChI is InChI=1S/C18H16N4O3S/c1-25-18-11-17(20-13-21-18)22-26(23,24)16-9-7-15(8-10-16)19-12-14-5-3-2-4-6-14/h2-13H,1H3,(H,20,21,22). The second-order valence-electron chi connectivity index (χ2n) is 5.21. The molecule has 0 fully saturated rings. The summed E-state index contributed by atoms with van der Waals surface area (Å²) in [5, 5.41) is 0. The maximum Gasteiger partial charge on any atom is 0.263 e. The van der Waals surface area contributed by atoms with Gasteiger partial charge in [-0.15, -0.1) is 0 Å². The van der Waals surface area contributed by atoms with Crippen LogP contribution in [-0.4, -0.2) is 31.7 Å². The molecule has 0 bridgehead atoms. The molecule has 1 aromatic heterocycles. The normalized spacial score (nSPS) is 11.4. The van der Waals surface area contributed by atoms with Crippen molar-refractivity contribution < 1.29 is 13.2 Å². The minimum Gasteiger partial charge on any atom is -0.481 e. The van der Waals surface area contributed by atoms with E-state index in [1.54, 1.807) is 18.3 Å². The Morgan fingerprint density at radius 1 is 1.04 bits per heavy atom. The number of ether oxygens (including phenoxy) is 1. The quantitative estimate of drug-likeness (QED) is 0.675. The highest BCUT2D eigenvalue weighted by Crippen LogP contribution is 2.20. The first kappa shape index (κ1) is 17.6. The third-order valence-electron chi connectivity index (χ3n) is 3.40. The SMILES string of the molecule is COc1cc(NS(=O)(=O)c2ccc(N=Cc3ccccc3)cc2)ncn1. The van der Waals surface area contributed by atoms with Gasteiger partial charge in [-0.2, -0.15) is 0 Å². The van der Waals surface area contributed by atoms with Crippen molar-refractivity contribution in [3.8, 4) is 5.88 Å². The molecule has 0 aliphatic heterocycles. The van der Waals surface area contributed by atoms with Gasteiger partial charge in [-0.1, -0.05) is 30.3 Å². The summed E-state index contributed by atoms with van der Waals surface area (Å²) in [4.78, 5) is 12.1. The van der Waals surface area contributed by atoms with E-state index in [4.69, 9.17) is 4.74 Å². The first-order chi connectivity index (χ1) is 12.6. The number of methoxy groups -OCH3 is 1. The van der Waals surface area contributed by atoms with Crippen LogP contribution in [0.15, 0.2) is 76.9 Å². The summed E-state index contributed by atoms with van der Waals surface area (Å²) in [5.41, 5.74) is 1.61. The maximum absolute atomic E-state index is 12.4. The molecule has 1 heterocycles. The van der Waals surface area contributed by atoms with Gasteiger partial charge in [-0.3, -0.25) is 9.71 Å². The van der Waals surface area contributed by atoms with Crippen molar-refractivity contribution in [3.05, 3.63) is 72.6 Å². The zero-order chi connectivity index (χ0) is 18.4. The summed E-state index contributed by atoms with van der Waals surface area (Å²) in [5.74, 6) is 0.395. The van der Waals surface area contributed by atoms with E-state index in [0.717, 1.165) is 5.56 Å². The third kappa shape index (κ3) is 4.42. The van der Waals surface area contributed by atoms with Crippen LogP contribution in [0.5, 0.6) is 5.88 Å². The topological polar surface area (TPSA) is 93.5 Å². The average Bonchev–Trinajstić information content (AvgIpc) is 2.67. The first-order valence-corrected chi connectivity index (χ1v) is 9.13. The largest absolute Gasteiger partial charge is 0.481 e. The van der Waals surface area contributed by atoms with Gasteiger partial charge in [0.1, 0.15) is 12.1 Å². The molecule has 0 aliphatic rings. The molecule has 8 heteroatoms. The summed E-state index contributed by atoms with van der Waals surface area (Å²) in [6.07, 6.45) is 2.94. The van der Waals surface area contributed by atoms with Crippen LogP contribution in [0.2, 0.25) is 0 Å². The number of nitrogens with one attached hydrogen (secondary N) is 1. The monoisotopic (exact) mass is 368 g/mol. The molecule has 7 nitrogen and oxygen atoms in total. The second-order valence-corrected chi connectivity index (χ2v) is 6.90. The highest BCUT2D eigenvalue weighted by Gasteiger charge is 2.15. The van der Waals surface area contributed by atoms with Crippen LogP contribution in [0.4, 0.5) is 11.5 Å². The van der Waals surface area contributed by atoms with Crippen molar-refractivity contribution in [2.45, 2.75) is 4.90 Å². The van der Waals surface area contributed by atoms with E-state index >= 15 is 0 Å². The number of aromatic nitrogens is 2. The van der Waals surface area contributed by atoms with Gasteiger partial charge in [0.25, 0.3) is 10.0 Å². The second kappa shape index (κ2) is 7.75. The Labute approximate surface area is 151 Å². The smallest absolute Gasteiger partial charge is 0.263 e. The van der Waals surface area contributed by atoms with Crippen LogP contribution in [0.3, 0.4) is 0 Å². The maximum atomic E-state index is 12.4. The van der Waals surface area contributed by atoms with Crippen molar-refractivity contribution in [3.63, 3.8) is 0 Å². The van der Waals surface area contributed by atoms with E-state index in [0.29, 0.717) is 5.69 Å². The average molecular weight is 368 g/mol. The zero-order valence-corrected chi connectivity index (χ0v) is 14.7. The molecule has 0 spiro atoms. The van der Waals surface area contributed by atoms with Crippen LogP contribution in [0.1, 0.15) is 5.56 Å². The fraction of sp³-hybridized carbons (Fsp3) is 0.0556. The van der Waals surface area contributed by atoms with E-state index in [-0.39, 0.29) is 16.6 Å². The Morgan fingerprint density at radius 3 is 2.46 bits per heavy atom. The summed E-state index contributed by atoms with van der Waals surface area (Å²) in [7, 11) is -2.33. The van der Waals surface area contributed by atoms with Crippen LogP contribution in [0.25, 0.3) is 0 Å². The minimum absolute atomic E-state index is 0.105. The number of hydrogen-bond acceptors (Lipinski definition) is 6. The first-order valence-electron chi connectivity index (χ1n) is 7.65. The Morgan fingerprint density at radius 2 is 1.77 bits per heavy atom. The van der Waals surface area contributed by atoms with E-state index < -0.39 is 10.0 Å². The Balaban J connectivity index is 1.75. The predicted octanol–water partition coefficient (Wildman–Crippen LogP) is 3.04. The van der Waals surface area contributed by atoms with Crippen LogP contribution < -0.4 is 9.46 Å². The van der Waals surface area contributed by atoms with E-state index in [2.05, 4.69) is 19.7 Å². The number of benzene rings is 2. The lowest BCUT2D eigenvalue weighted by atomic mass is 10.2. The third-order valence-corrected chi connectivity index (χ3v) is 4.77. The number of rotatable bonds is 6. The summed E-state index contributed by atoms with van der Waals surface area (Å²) in [6.45, 7) is 0. The van der Waals surface area contributed by atoms with Crippen molar-refractivity contribution in [1.82, 2.24) is 9.97 Å². The molecule has 26 heavy (non-hydrogen) atoms. The number of anilines is 1. The van der Waals surface area contributed by atoms with Gasteiger partial charge in [0, 0.05) is 12.3 Å². The summed E-state index contributed by atoms with van der Waals surface area (Å²) < 4.78 is 32.2. The van der Waals surface area contributed by atoms with Crippen molar-refractivity contribution >= 4 is 27.7 Å². The Hall–Kier alpha value is -3.26. The molecule has 0 aliphatic carbocycles. The summed E-state index contributed by atoms with van der Waals surface area (Å²) in [6, 6.07) is 17.3. The zero-order valence-electron chi connectivity index (χ0n) is 13.9. The van der Waals surface area contributed by atoms with Crippen molar-refractivity contribution in [1.29, 1.82) is 0 Å². The molecule has 0 amide bonds. The fourth-order valence-corrected chi connectivity index (χ4v) is 3.10. The highest BCUT2D eigenvalue weighted by molar-refractivity contribution is 7.92. The molecule has 0 atom stereocenters. The van der Waals surface area contributed by atoms with Crippen molar-refractivity contribution in [2.24, 2.45) is 4.99 Å². The minimum atomic E-state index is -3.77. The van der Waals surface area contributed by atoms with Gasteiger partial charge in [0.15, 0.2) is 0 Å². The predicted molar refractivity (Wildman–Crippen MR) is 99.5 cm³/mol. The molecular weight excluding hydrogens is 352 g/mol. The lowest BCUT2D eigenvalue weighted by Crippen LogP contribution is -2.14. The number of hydrogen-bond donors (Lipinski definition) is 1. The number of sulfonamides is 1. The molecular formula is C18H16N4O3S. The molecule has 0 radical (unpaired) electrons. The Bertz CT molecular complexity index is 1000. The van der Waals surface area contributed by atoms with Gasteiger partial charge in [-0.05, 0) is 29.8 Å². The van der Waals surface area contributed by atoms with Crippen molar-refractivity contribution in [2.75, 3.05) is 11.8 Å². The molecule has 0 unspecified atom stereocenters. The number of aliphatic imine (C=N–C) groups is 1. The van der Waals surface area contributed by atoms with E-state index in [9.17, 15) is 8.42 Å². The van der Waals surface area contributed by atoms with Gasteiger partial charge >= 0.3 is 0 Å². The molecule has 132 valence electrons. The molecule has 1 N–H and O–H groups in total. The fourth-order valence-electron chi connectivity index (χ4n) is 2.10. The summed E-state index contributed by atoms with van der Waals surface area (Å²) >= 11 is 0. The van der Waals surface area contributed by atoms with Gasteiger partial charge in [0.2, 0.25) is 5.88 Å². The number of nitrogens with zero attached hydrogens (tertiary/aromatic N) is 3. The van der Waals surface area contributed by atoms with Gasteiger partial charge in [0.05, 0.1) is 17.7 Å².